The second-order valence-electron chi connectivity index (χ2n) is 8.32. The maximum Gasteiger partial charge on any atom is 0.302 e. The van der Waals surface area contributed by atoms with E-state index in [2.05, 4.69) is 25.6 Å². The second kappa shape index (κ2) is 8.52. The molecular formula is C19H27IN8O2. The van der Waals surface area contributed by atoms with Crippen molar-refractivity contribution in [2.24, 2.45) is 10.9 Å². The number of halogens is 1. The third-order valence-electron chi connectivity index (χ3n) is 6.29. The predicted molar refractivity (Wildman–Crippen MR) is 122 cm³/mol. The summed E-state index contributed by atoms with van der Waals surface area (Å²) in [6, 6.07) is 0. The van der Waals surface area contributed by atoms with Crippen molar-refractivity contribution in [2.45, 2.75) is 50.5 Å². The van der Waals surface area contributed by atoms with Gasteiger partial charge in [0.15, 0.2) is 23.3 Å². The SMILES string of the molecule is Nc1nc(N)c(C(=O)/N=C2\NCC3(CCN(C(=O)C4CCCCC4)CC3)N2)nc1I. The molecule has 2 aliphatic heterocycles. The van der Waals surface area contributed by atoms with Crippen molar-refractivity contribution in [1.29, 1.82) is 0 Å². The number of aliphatic imine (C=N–C) groups is 1. The first-order chi connectivity index (χ1) is 14.4. The van der Waals surface area contributed by atoms with Crippen molar-refractivity contribution < 1.29 is 9.59 Å². The highest BCUT2D eigenvalue weighted by atomic mass is 127. The predicted octanol–water partition coefficient (Wildman–Crippen LogP) is 0.876. The van der Waals surface area contributed by atoms with E-state index in [0.717, 1.165) is 51.6 Å². The quantitative estimate of drug-likeness (QED) is 0.415. The van der Waals surface area contributed by atoms with Gasteiger partial charge in [0, 0.05) is 25.6 Å². The number of hydrogen-bond acceptors (Lipinski definition) is 6. The van der Waals surface area contributed by atoms with Crippen LogP contribution in [0.3, 0.4) is 0 Å². The molecule has 6 N–H and O–H groups in total. The highest BCUT2D eigenvalue weighted by molar-refractivity contribution is 14.1. The molecule has 1 aromatic heterocycles. The molecule has 3 aliphatic rings. The zero-order valence-corrected chi connectivity index (χ0v) is 18.9. The molecule has 11 heteroatoms. The molecule has 1 aliphatic carbocycles. The van der Waals surface area contributed by atoms with E-state index in [-0.39, 0.29) is 28.8 Å². The number of rotatable bonds is 2. The summed E-state index contributed by atoms with van der Waals surface area (Å²) in [5.41, 5.74) is 11.2. The Morgan fingerprint density at radius 3 is 2.50 bits per heavy atom. The number of likely N-dealkylation sites (tertiary alicyclic amines) is 1. The van der Waals surface area contributed by atoms with Crippen molar-refractivity contribution in [1.82, 2.24) is 25.5 Å². The molecule has 0 bridgehead atoms. The summed E-state index contributed by atoms with van der Waals surface area (Å²) in [6.07, 6.45) is 7.24. The van der Waals surface area contributed by atoms with Crippen LogP contribution in [0.2, 0.25) is 0 Å². The highest BCUT2D eigenvalue weighted by Gasteiger charge is 2.41. The molecule has 0 aromatic carbocycles. The van der Waals surface area contributed by atoms with Crippen LogP contribution in [0.1, 0.15) is 55.4 Å². The monoisotopic (exact) mass is 526 g/mol. The number of nitrogens with zero attached hydrogens (tertiary/aromatic N) is 4. The fraction of sp³-hybridized carbons (Fsp3) is 0.632. The number of amides is 2. The summed E-state index contributed by atoms with van der Waals surface area (Å²) in [5, 5.41) is 6.53. The summed E-state index contributed by atoms with van der Waals surface area (Å²) in [7, 11) is 0. The van der Waals surface area contributed by atoms with Crippen LogP contribution < -0.4 is 22.1 Å². The maximum atomic E-state index is 12.8. The maximum absolute atomic E-state index is 12.8. The smallest absolute Gasteiger partial charge is 0.302 e. The molecule has 1 aromatic rings. The van der Waals surface area contributed by atoms with Crippen molar-refractivity contribution in [2.75, 3.05) is 31.1 Å². The second-order valence-corrected chi connectivity index (χ2v) is 9.34. The van der Waals surface area contributed by atoms with Gasteiger partial charge in [0.05, 0.1) is 5.54 Å². The van der Waals surface area contributed by atoms with Crippen LogP contribution in [-0.2, 0) is 4.79 Å². The fourth-order valence-electron chi connectivity index (χ4n) is 4.48. The van der Waals surface area contributed by atoms with Crippen LogP contribution >= 0.6 is 22.6 Å². The first-order valence-corrected chi connectivity index (χ1v) is 11.5. The lowest BCUT2D eigenvalue weighted by molar-refractivity contribution is -0.138. The lowest BCUT2D eigenvalue weighted by atomic mass is 9.85. The summed E-state index contributed by atoms with van der Waals surface area (Å²) in [6.45, 7) is 2.10. The number of piperidine rings is 1. The van der Waals surface area contributed by atoms with Crippen LogP contribution in [0.15, 0.2) is 4.99 Å². The molecule has 2 amide bonds. The van der Waals surface area contributed by atoms with Crippen molar-refractivity contribution >= 4 is 52.0 Å². The minimum absolute atomic E-state index is 0.0152. The molecule has 4 rings (SSSR count). The van der Waals surface area contributed by atoms with E-state index in [4.69, 9.17) is 11.5 Å². The molecule has 162 valence electrons. The minimum atomic E-state index is -0.574. The molecule has 0 atom stereocenters. The van der Waals surface area contributed by atoms with Crippen LogP contribution in [0.25, 0.3) is 0 Å². The average molecular weight is 526 g/mol. The van der Waals surface area contributed by atoms with Crippen molar-refractivity contribution in [3.05, 3.63) is 9.39 Å². The Kier molecular flexibility index (Phi) is 5.98. The van der Waals surface area contributed by atoms with E-state index in [0.29, 0.717) is 22.1 Å². The Hall–Kier alpha value is -2.18. The van der Waals surface area contributed by atoms with Gasteiger partial charge in [-0.2, -0.15) is 4.99 Å². The number of nitrogens with two attached hydrogens (primary N) is 2. The highest BCUT2D eigenvalue weighted by Crippen LogP contribution is 2.29. The van der Waals surface area contributed by atoms with Gasteiger partial charge in [-0.25, -0.2) is 9.97 Å². The number of aromatic nitrogens is 2. The number of nitrogen functional groups attached to an aromatic ring is 2. The minimum Gasteiger partial charge on any atom is -0.382 e. The topological polar surface area (TPSA) is 152 Å². The largest absolute Gasteiger partial charge is 0.382 e. The van der Waals surface area contributed by atoms with E-state index >= 15 is 0 Å². The van der Waals surface area contributed by atoms with Gasteiger partial charge >= 0.3 is 5.91 Å². The number of carbonyl (C=O) groups excluding carboxylic acids is 2. The Balaban J connectivity index is 1.37. The normalized spacial score (nSPS) is 22.7. The third-order valence-corrected chi connectivity index (χ3v) is 7.08. The number of carbonyl (C=O) groups is 2. The molecule has 0 unspecified atom stereocenters. The van der Waals surface area contributed by atoms with Gasteiger partial charge in [-0.1, -0.05) is 19.3 Å². The number of guanidine groups is 1. The zero-order chi connectivity index (χ0) is 21.3. The zero-order valence-electron chi connectivity index (χ0n) is 16.8. The van der Waals surface area contributed by atoms with E-state index in [1.807, 2.05) is 27.5 Å². The van der Waals surface area contributed by atoms with Gasteiger partial charge in [0.2, 0.25) is 5.91 Å². The number of anilines is 2. The molecule has 2 saturated heterocycles. The molecule has 0 radical (unpaired) electrons. The molecule has 10 nitrogen and oxygen atoms in total. The van der Waals surface area contributed by atoms with Crippen LogP contribution in [0.4, 0.5) is 11.6 Å². The van der Waals surface area contributed by atoms with E-state index < -0.39 is 5.91 Å². The van der Waals surface area contributed by atoms with Crippen LogP contribution in [0.5, 0.6) is 0 Å². The van der Waals surface area contributed by atoms with E-state index in [1.54, 1.807) is 0 Å². The molecule has 1 saturated carbocycles. The molecular weight excluding hydrogens is 499 g/mol. The van der Waals surface area contributed by atoms with Crippen molar-refractivity contribution in [3.8, 4) is 0 Å². The van der Waals surface area contributed by atoms with Gasteiger partial charge in [0.25, 0.3) is 0 Å². The molecule has 1 spiro atoms. The molecule has 3 fully saturated rings. The first kappa shape index (κ1) is 21.1. The summed E-state index contributed by atoms with van der Waals surface area (Å²) < 4.78 is 0.407. The first-order valence-electron chi connectivity index (χ1n) is 10.4. The van der Waals surface area contributed by atoms with Crippen LogP contribution in [0, 0.1) is 9.62 Å². The summed E-state index contributed by atoms with van der Waals surface area (Å²) in [5.74, 6) is 0.487. The van der Waals surface area contributed by atoms with Gasteiger partial charge in [-0.05, 0) is 48.3 Å². The Labute approximate surface area is 188 Å². The summed E-state index contributed by atoms with van der Waals surface area (Å²) in [4.78, 5) is 39.5. The Bertz CT molecular complexity index is 876. The third kappa shape index (κ3) is 4.30. The lowest BCUT2D eigenvalue weighted by Crippen LogP contribution is -2.54. The average Bonchev–Trinajstić information content (AvgIpc) is 3.13. The van der Waals surface area contributed by atoms with Gasteiger partial charge in [0.1, 0.15) is 3.70 Å². The Morgan fingerprint density at radius 1 is 1.10 bits per heavy atom. The van der Waals surface area contributed by atoms with Gasteiger partial charge < -0.3 is 27.0 Å². The standard InChI is InChI=1S/C19H27IN8O2/c20-13-15(22)25-14(21)12(24-13)16(29)26-18-23-10-19(27-18)6-8-28(9-7-19)17(30)11-4-2-1-3-5-11/h11H,1-10H2,(H4,21,22,25)(H2,23,26,27,29). The Morgan fingerprint density at radius 2 is 1.80 bits per heavy atom. The molecule has 3 heterocycles. The van der Waals surface area contributed by atoms with Crippen LogP contribution in [-0.4, -0.2) is 57.8 Å². The number of nitrogens with one attached hydrogen (secondary N) is 2. The van der Waals surface area contributed by atoms with Crippen molar-refractivity contribution in [3.63, 3.8) is 0 Å². The molecule has 30 heavy (non-hydrogen) atoms. The van der Waals surface area contributed by atoms with E-state index in [9.17, 15) is 9.59 Å². The van der Waals surface area contributed by atoms with Gasteiger partial charge in [-0.15, -0.1) is 0 Å². The fourth-order valence-corrected chi connectivity index (χ4v) is 4.84. The van der Waals surface area contributed by atoms with Gasteiger partial charge in [-0.3, -0.25) is 9.59 Å². The number of hydrogen-bond donors (Lipinski definition) is 4. The van der Waals surface area contributed by atoms with E-state index in [1.165, 1.54) is 6.42 Å². The summed E-state index contributed by atoms with van der Waals surface area (Å²) >= 11 is 1.90. The lowest BCUT2D eigenvalue weighted by Gasteiger charge is -2.40.